The molecule has 1 aliphatic carbocycles. The Kier molecular flexibility index (Phi) is 24.9. The second-order valence-corrected chi connectivity index (χ2v) is 27.8. The van der Waals surface area contributed by atoms with Crippen LogP contribution < -0.4 is 83.4 Å². The minimum Gasteiger partial charge on any atom is -0.495 e. The third-order valence-corrected chi connectivity index (χ3v) is 19.6. The number of aromatic nitrogens is 10. The summed E-state index contributed by atoms with van der Waals surface area (Å²) >= 11 is 0. The maximum Gasteiger partial charge on any atom is 0.255 e. The summed E-state index contributed by atoms with van der Waals surface area (Å²) in [7, 11) is 6.14. The zero-order chi connectivity index (χ0) is 83.9. The monoisotopic (exact) mass is 1640 g/mol. The van der Waals surface area contributed by atoms with Gasteiger partial charge in [0, 0.05) is 45.5 Å². The van der Waals surface area contributed by atoms with E-state index in [0.29, 0.717) is 132 Å². The Bertz CT molecular complexity index is 6000. The van der Waals surface area contributed by atoms with Gasteiger partial charge in [-0.15, -0.1) is 0 Å². The molecule has 0 bridgehead atoms. The molecule has 5 aromatic heterocycles. The molecule has 0 saturated heterocycles. The van der Waals surface area contributed by atoms with E-state index in [1.807, 2.05) is 127 Å². The molecule has 121 heavy (non-hydrogen) atoms. The third kappa shape index (κ3) is 18.9. The minimum absolute atomic E-state index is 0.123. The Balaban J connectivity index is 0.000000126. The molecular formula is C88H83N15O18. The van der Waals surface area contributed by atoms with Crippen molar-refractivity contribution in [2.75, 3.05) is 81.8 Å². The second-order valence-electron chi connectivity index (χ2n) is 27.8. The molecule has 1 fully saturated rings. The fraction of sp³-hybridized carbons (Fsp3) is 0.216. The number of aliphatic hydroxyl groups excluding tert-OH is 1. The largest absolute Gasteiger partial charge is 0.495 e. The van der Waals surface area contributed by atoms with Crippen molar-refractivity contribution in [3.8, 4) is 69.0 Å². The van der Waals surface area contributed by atoms with Crippen LogP contribution in [0.3, 0.4) is 0 Å². The average Bonchev–Trinajstić information content (AvgIpc) is 1.68. The van der Waals surface area contributed by atoms with Gasteiger partial charge in [-0.1, -0.05) is 48.6 Å². The number of ether oxygens (including phenoxy) is 12. The fourth-order valence-electron chi connectivity index (χ4n) is 13.4. The van der Waals surface area contributed by atoms with Crippen LogP contribution in [-0.4, -0.2) is 173 Å². The Morgan fingerprint density at radius 1 is 0.421 bits per heavy atom. The molecule has 10 N–H and O–H groups in total. The number of hydrogen-bond acceptors (Lipinski definition) is 24. The molecule has 9 heterocycles. The predicted molar refractivity (Wildman–Crippen MR) is 450 cm³/mol. The van der Waals surface area contributed by atoms with Gasteiger partial charge in [-0.2, -0.15) is 20.4 Å². The molecule has 0 spiro atoms. The molecule has 1 saturated carbocycles. The second kappa shape index (κ2) is 37.2. The van der Waals surface area contributed by atoms with Gasteiger partial charge >= 0.3 is 0 Å². The van der Waals surface area contributed by atoms with E-state index >= 15 is 0 Å². The van der Waals surface area contributed by atoms with E-state index in [1.165, 1.54) is 41.1 Å². The van der Waals surface area contributed by atoms with Crippen molar-refractivity contribution in [2.24, 2.45) is 5.92 Å². The maximum atomic E-state index is 12.8. The highest BCUT2D eigenvalue weighted by Crippen LogP contribution is 2.41. The lowest BCUT2D eigenvalue weighted by Crippen LogP contribution is -2.33. The number of carbonyl (C=O) groups excluding carboxylic acids is 5. The third-order valence-electron chi connectivity index (χ3n) is 19.6. The van der Waals surface area contributed by atoms with Crippen LogP contribution in [0.5, 0.6) is 69.0 Å². The first-order chi connectivity index (χ1) is 59.1. The van der Waals surface area contributed by atoms with Crippen molar-refractivity contribution in [2.45, 2.75) is 39.3 Å². The van der Waals surface area contributed by atoms with Gasteiger partial charge in [0.25, 0.3) is 23.6 Å². The Morgan fingerprint density at radius 3 is 1.07 bits per heavy atom. The Labute approximate surface area is 690 Å². The summed E-state index contributed by atoms with van der Waals surface area (Å²) < 4.78 is 65.4. The summed E-state index contributed by atoms with van der Waals surface area (Å²) in [5.74, 6) is 7.03. The highest BCUT2D eigenvalue weighted by Gasteiger charge is 2.27. The van der Waals surface area contributed by atoms with Crippen LogP contribution >= 0.6 is 0 Å². The van der Waals surface area contributed by atoms with E-state index < -0.39 is 6.10 Å². The van der Waals surface area contributed by atoms with Gasteiger partial charge in [0.2, 0.25) is 33.1 Å². The highest BCUT2D eigenvalue weighted by atomic mass is 16.7. The van der Waals surface area contributed by atoms with Gasteiger partial charge in [-0.25, -0.2) is 0 Å². The van der Waals surface area contributed by atoms with Gasteiger partial charge in [0.15, 0.2) is 46.0 Å². The lowest BCUT2D eigenvalue weighted by atomic mass is 10.1. The topological polar surface area (TPSA) is 417 Å². The van der Waals surface area contributed by atoms with Crippen LogP contribution in [0.1, 0.15) is 119 Å². The normalized spacial score (nSPS) is 13.4. The Hall–Kier alpha value is -15.4. The predicted octanol–water partition coefficient (Wildman–Crippen LogP) is 11.7. The molecule has 4 aliphatic heterocycles. The number of methoxy groups -OCH3 is 4. The molecule has 0 radical (unpaired) electrons. The standard InChI is InChI=1S/C23H19N5O4.C22H22N4O5.C22H21N3O4.C21H21N3O5/c1-30-22-16(23(29)26-12-15-11-24-8-9-25-15)4-6-18-21(22)17(27-28-18)5-2-14-3-7-19-20(10-14)32-13-31-19;1-13(27)23-9-10-24-22(28)15-5-7-17-20(21(15)29-2)16(25-26-17)6-3-14-4-8-18-19(11-14)31-12-30-18;1-27-21-15(22(26)23-11-14-2-3-14)6-8-17-20(21)16(24-25-17)7-4-13-5-9-18-19(10-13)29-12-28-18;1-12(25)10-22-21(26)14-5-7-16-19(20(14)27-2)15(23-24-16)6-3-13-4-8-17-18(9-13)29-11-28-17/h2-11H,12-13H2,1H3,(H,26,29)(H,27,28);3-8,11H,9-10,12H2,1-2H3,(H,23,27)(H,24,28)(H,25,26);4-10,14H,2-3,11-12H2,1H3,(H,23,26)(H,24,25);3-9,12,25H,10-11H2,1-2H3,(H,22,26)(H,23,24)/b5-2+;6-3+;7-4+;6-3+. The smallest absolute Gasteiger partial charge is 0.255 e. The zero-order valence-electron chi connectivity index (χ0n) is 66.4. The van der Waals surface area contributed by atoms with E-state index in [0.717, 1.165) is 78.7 Å². The van der Waals surface area contributed by atoms with Crippen molar-refractivity contribution in [1.82, 2.24) is 77.3 Å². The number of rotatable bonds is 25. The van der Waals surface area contributed by atoms with Crippen molar-refractivity contribution in [3.63, 3.8) is 0 Å². The van der Waals surface area contributed by atoms with Gasteiger partial charge in [-0.3, -0.25) is 54.3 Å². The number of fused-ring (bicyclic) bond motifs is 8. The average molecular weight is 1640 g/mol. The molecule has 5 aliphatic rings. The highest BCUT2D eigenvalue weighted by molar-refractivity contribution is 6.09. The van der Waals surface area contributed by atoms with Crippen LogP contribution in [0.25, 0.3) is 92.2 Å². The van der Waals surface area contributed by atoms with Crippen LogP contribution in [0.15, 0.2) is 140 Å². The molecule has 33 nitrogen and oxygen atoms in total. The van der Waals surface area contributed by atoms with E-state index in [-0.39, 0.29) is 69.8 Å². The lowest BCUT2D eigenvalue weighted by Gasteiger charge is -2.11. The van der Waals surface area contributed by atoms with Crippen molar-refractivity contribution in [1.29, 1.82) is 0 Å². The number of hydrogen-bond donors (Lipinski definition) is 10. The number of nitrogens with zero attached hydrogens (tertiary/aromatic N) is 6. The molecule has 618 valence electrons. The van der Waals surface area contributed by atoms with Gasteiger partial charge in [0.1, 0.15) is 23.0 Å². The van der Waals surface area contributed by atoms with Gasteiger partial charge in [0.05, 0.1) is 142 Å². The number of benzene rings is 8. The lowest BCUT2D eigenvalue weighted by molar-refractivity contribution is -0.118. The zero-order valence-corrected chi connectivity index (χ0v) is 66.4. The number of nitrogens with one attached hydrogen (secondary N) is 9. The molecule has 1 atom stereocenters. The number of H-pyrrole nitrogens is 4. The first kappa shape index (κ1) is 80.8. The number of aromatic amines is 4. The van der Waals surface area contributed by atoms with Crippen LogP contribution in [0, 0.1) is 5.92 Å². The molecular weight excluding hydrogens is 1560 g/mol. The van der Waals surface area contributed by atoms with Crippen molar-refractivity contribution >= 4 is 122 Å². The molecule has 8 aromatic carbocycles. The molecule has 13 aromatic rings. The molecule has 33 heteroatoms. The minimum atomic E-state index is -0.636. The summed E-state index contributed by atoms with van der Waals surface area (Å²) in [5, 5.41) is 55.6. The van der Waals surface area contributed by atoms with Crippen molar-refractivity contribution < 1.29 is 85.9 Å². The first-order valence-electron chi connectivity index (χ1n) is 38.4. The molecule has 1 unspecified atom stereocenters. The first-order valence-corrected chi connectivity index (χ1v) is 38.4. The van der Waals surface area contributed by atoms with E-state index in [2.05, 4.69) is 77.3 Å². The SMILES string of the molecule is COc1c(C(=O)NCC(C)O)ccc2n[nH]c(/C=C/c3ccc4c(c3)OCO4)c12.COc1c(C(=O)NCC2CC2)ccc2n[nH]c(/C=C/c3ccc4c(c3)OCO4)c12.COc1c(C(=O)NCCNC(C)=O)ccc2n[nH]c(/C=C/c3ccc4c(c3)OCO4)c12.COc1c(C(=O)NCc2cnccn2)ccc2n[nH]c(/C=C/c3ccc4c(c3)OCO4)c12. The quantitative estimate of drug-likeness (QED) is 0.0238. The summed E-state index contributed by atoms with van der Waals surface area (Å²) in [4.78, 5) is 69.8. The van der Waals surface area contributed by atoms with Crippen molar-refractivity contribution in [3.05, 3.63) is 213 Å². The summed E-state index contributed by atoms with van der Waals surface area (Å²) in [6.45, 7) is 5.74. The van der Waals surface area contributed by atoms with E-state index in [4.69, 9.17) is 56.8 Å². The summed E-state index contributed by atoms with van der Waals surface area (Å²) in [5.41, 5.74) is 11.8. The van der Waals surface area contributed by atoms with E-state index in [1.54, 1.807) is 75.1 Å². The van der Waals surface area contributed by atoms with Crippen LogP contribution in [0.4, 0.5) is 0 Å². The number of aliphatic hydroxyl groups is 1. The fourth-order valence-corrected chi connectivity index (χ4v) is 13.4. The van der Waals surface area contributed by atoms with Gasteiger partial charge in [-0.05, 0) is 169 Å². The van der Waals surface area contributed by atoms with Crippen LogP contribution in [0.2, 0.25) is 0 Å². The number of carbonyl (C=O) groups is 5. The maximum absolute atomic E-state index is 12.8. The Morgan fingerprint density at radius 2 is 0.752 bits per heavy atom. The molecule has 18 rings (SSSR count). The van der Waals surface area contributed by atoms with Crippen LogP contribution in [-0.2, 0) is 11.3 Å². The summed E-state index contributed by atoms with van der Waals surface area (Å²) in [6.07, 6.45) is 21.8. The van der Waals surface area contributed by atoms with Gasteiger partial charge < -0.3 is 88.5 Å². The summed E-state index contributed by atoms with van der Waals surface area (Å²) in [6, 6.07) is 36.7. The molecule has 5 amide bonds. The number of amides is 5. The van der Waals surface area contributed by atoms with E-state index in [9.17, 15) is 29.1 Å².